The maximum atomic E-state index is 11.8. The number of hydrogen-bond donors (Lipinski definition) is 1. The van der Waals surface area contributed by atoms with Crippen LogP contribution in [-0.2, 0) is 14.3 Å². The lowest BCUT2D eigenvalue weighted by molar-refractivity contribution is -0.147. The third-order valence-electron chi connectivity index (χ3n) is 3.57. The van der Waals surface area contributed by atoms with Crippen LogP contribution in [0.15, 0.2) is 24.3 Å². The zero-order valence-corrected chi connectivity index (χ0v) is 15.0. The van der Waals surface area contributed by atoms with Crippen LogP contribution in [0.1, 0.15) is 37.7 Å². The van der Waals surface area contributed by atoms with E-state index in [1.165, 1.54) is 12.2 Å². The monoisotopic (exact) mass is 364 g/mol. The number of para-hydroxylation sites is 1. The summed E-state index contributed by atoms with van der Waals surface area (Å²) in [6.07, 6.45) is 4.53. The Kier molecular flexibility index (Phi) is 7.99. The quantitative estimate of drug-likeness (QED) is 0.430. The molecule has 0 saturated carbocycles. The van der Waals surface area contributed by atoms with Crippen LogP contribution in [0.4, 0.5) is 5.69 Å². The van der Waals surface area contributed by atoms with Crippen LogP contribution in [0.2, 0.25) is 0 Å². The standard InChI is InChI=1S/C17H20N2O3S2/c18-11-13-5-1-3-7-15(13)19-16(20)12-22-17(21)8-4-2-6-14-9-10-23-24-14/h1,3,5,7,14H,2,4,6,8-10,12H2,(H,19,20)/t14-/m0/s1. The predicted octanol–water partition coefficient (Wildman–Crippen LogP) is 3.75. The first-order valence-electron chi connectivity index (χ1n) is 7.92. The summed E-state index contributed by atoms with van der Waals surface area (Å²) in [6, 6.07) is 8.69. The molecular formula is C17H20N2O3S2. The van der Waals surface area contributed by atoms with Crippen molar-refractivity contribution < 1.29 is 14.3 Å². The Morgan fingerprint density at radius 1 is 1.33 bits per heavy atom. The van der Waals surface area contributed by atoms with Gasteiger partial charge in [0.1, 0.15) is 6.07 Å². The average Bonchev–Trinajstić information content (AvgIpc) is 3.11. The van der Waals surface area contributed by atoms with Gasteiger partial charge in [-0.15, -0.1) is 0 Å². The largest absolute Gasteiger partial charge is 0.456 e. The summed E-state index contributed by atoms with van der Waals surface area (Å²) in [4.78, 5) is 23.4. The second-order valence-electron chi connectivity index (χ2n) is 5.44. The summed E-state index contributed by atoms with van der Waals surface area (Å²) in [5, 5.41) is 12.3. The van der Waals surface area contributed by atoms with Gasteiger partial charge in [0.05, 0.1) is 11.3 Å². The fraction of sp³-hybridized carbons (Fsp3) is 0.471. The van der Waals surface area contributed by atoms with Crippen molar-refractivity contribution in [2.45, 2.75) is 37.4 Å². The van der Waals surface area contributed by atoms with E-state index >= 15 is 0 Å². The number of unbranched alkanes of at least 4 members (excludes halogenated alkanes) is 1. The number of nitrogens with zero attached hydrogens (tertiary/aromatic N) is 1. The normalized spacial score (nSPS) is 16.4. The van der Waals surface area contributed by atoms with Gasteiger partial charge < -0.3 is 10.1 Å². The molecule has 1 aliphatic rings. The Balaban J connectivity index is 1.60. The summed E-state index contributed by atoms with van der Waals surface area (Å²) in [6.45, 7) is -0.326. The number of rotatable bonds is 8. The Morgan fingerprint density at radius 3 is 2.92 bits per heavy atom. The molecule has 1 atom stereocenters. The fourth-order valence-corrected chi connectivity index (χ4v) is 5.33. The van der Waals surface area contributed by atoms with Gasteiger partial charge in [-0.3, -0.25) is 9.59 Å². The second-order valence-corrected chi connectivity index (χ2v) is 8.23. The lowest BCUT2D eigenvalue weighted by atomic mass is 10.1. The van der Waals surface area contributed by atoms with Crippen molar-refractivity contribution in [2.75, 3.05) is 17.7 Å². The number of carbonyl (C=O) groups excluding carboxylic acids is 2. The second kappa shape index (κ2) is 10.3. The molecule has 1 saturated heterocycles. The summed E-state index contributed by atoms with van der Waals surface area (Å²) < 4.78 is 4.98. The first-order valence-corrected chi connectivity index (χ1v) is 10.3. The lowest BCUT2D eigenvalue weighted by Crippen LogP contribution is -2.21. The predicted molar refractivity (Wildman–Crippen MR) is 97.7 cm³/mol. The van der Waals surface area contributed by atoms with E-state index in [0.717, 1.165) is 24.5 Å². The maximum absolute atomic E-state index is 11.8. The van der Waals surface area contributed by atoms with E-state index in [9.17, 15) is 9.59 Å². The highest BCUT2D eigenvalue weighted by molar-refractivity contribution is 8.77. The van der Waals surface area contributed by atoms with Crippen molar-refractivity contribution >= 4 is 39.2 Å². The summed E-state index contributed by atoms with van der Waals surface area (Å²) in [5.74, 6) is 0.430. The smallest absolute Gasteiger partial charge is 0.306 e. The molecule has 0 aromatic heterocycles. The highest BCUT2D eigenvalue weighted by Crippen LogP contribution is 2.39. The van der Waals surface area contributed by atoms with Gasteiger partial charge in [0.25, 0.3) is 5.91 Å². The van der Waals surface area contributed by atoms with Crippen LogP contribution in [0.25, 0.3) is 0 Å². The molecule has 5 nitrogen and oxygen atoms in total. The Bertz CT molecular complexity index is 610. The van der Waals surface area contributed by atoms with E-state index in [0.29, 0.717) is 17.7 Å². The number of nitrogens with one attached hydrogen (secondary N) is 1. The number of benzene rings is 1. The number of amides is 1. The molecule has 7 heteroatoms. The van der Waals surface area contributed by atoms with Gasteiger partial charge in [-0.2, -0.15) is 5.26 Å². The minimum atomic E-state index is -0.439. The van der Waals surface area contributed by atoms with Crippen LogP contribution in [-0.4, -0.2) is 29.5 Å². The highest BCUT2D eigenvalue weighted by Gasteiger charge is 2.16. The van der Waals surface area contributed by atoms with Crippen LogP contribution in [0.3, 0.4) is 0 Å². The zero-order valence-electron chi connectivity index (χ0n) is 13.3. The van der Waals surface area contributed by atoms with E-state index in [-0.39, 0.29) is 12.6 Å². The van der Waals surface area contributed by atoms with Gasteiger partial charge in [-0.05, 0) is 31.4 Å². The van der Waals surface area contributed by atoms with Crippen molar-refractivity contribution in [3.63, 3.8) is 0 Å². The van der Waals surface area contributed by atoms with Crippen LogP contribution in [0.5, 0.6) is 0 Å². The molecule has 1 aromatic rings. The van der Waals surface area contributed by atoms with Crippen molar-refractivity contribution in [3.8, 4) is 6.07 Å². The molecular weight excluding hydrogens is 344 g/mol. The molecule has 1 N–H and O–H groups in total. The fourth-order valence-electron chi connectivity index (χ4n) is 2.30. The van der Waals surface area contributed by atoms with E-state index in [2.05, 4.69) is 5.32 Å². The molecule has 0 aliphatic carbocycles. The third-order valence-corrected chi connectivity index (χ3v) is 6.58. The topological polar surface area (TPSA) is 79.2 Å². The van der Waals surface area contributed by atoms with Crippen LogP contribution in [0, 0.1) is 11.3 Å². The minimum absolute atomic E-state index is 0.326. The van der Waals surface area contributed by atoms with Crippen molar-refractivity contribution in [3.05, 3.63) is 29.8 Å². The summed E-state index contributed by atoms with van der Waals surface area (Å²) in [7, 11) is 3.87. The average molecular weight is 364 g/mol. The van der Waals surface area contributed by atoms with Gasteiger partial charge in [0.2, 0.25) is 0 Å². The Hall–Kier alpha value is -1.65. The molecule has 128 valence electrons. The first-order chi connectivity index (χ1) is 11.7. The molecule has 2 rings (SSSR count). The van der Waals surface area contributed by atoms with Gasteiger partial charge in [0, 0.05) is 17.4 Å². The summed E-state index contributed by atoms with van der Waals surface area (Å²) >= 11 is 0. The molecule has 0 spiro atoms. The number of carbonyl (C=O) groups is 2. The van der Waals surface area contributed by atoms with E-state index in [1.54, 1.807) is 24.3 Å². The van der Waals surface area contributed by atoms with Gasteiger partial charge in [0.15, 0.2) is 6.61 Å². The van der Waals surface area contributed by atoms with E-state index in [1.807, 2.05) is 27.7 Å². The number of nitriles is 1. The molecule has 1 amide bonds. The van der Waals surface area contributed by atoms with Crippen molar-refractivity contribution in [1.29, 1.82) is 5.26 Å². The highest BCUT2D eigenvalue weighted by atomic mass is 33.1. The molecule has 1 aromatic carbocycles. The molecule has 24 heavy (non-hydrogen) atoms. The molecule has 0 radical (unpaired) electrons. The van der Waals surface area contributed by atoms with E-state index in [4.69, 9.17) is 10.00 Å². The third kappa shape index (κ3) is 6.46. The number of ether oxygens (including phenoxy) is 1. The molecule has 1 aliphatic heterocycles. The summed E-state index contributed by atoms with van der Waals surface area (Å²) in [5.41, 5.74) is 0.799. The minimum Gasteiger partial charge on any atom is -0.456 e. The number of hydrogen-bond acceptors (Lipinski definition) is 6. The SMILES string of the molecule is N#Cc1ccccc1NC(=O)COC(=O)CCCC[C@H]1CCSS1. The first kappa shape index (κ1) is 18.7. The van der Waals surface area contributed by atoms with Gasteiger partial charge in [-0.1, -0.05) is 40.1 Å². The van der Waals surface area contributed by atoms with Crippen molar-refractivity contribution in [1.82, 2.24) is 0 Å². The Morgan fingerprint density at radius 2 is 2.17 bits per heavy atom. The maximum Gasteiger partial charge on any atom is 0.306 e. The Labute approximate surface area is 149 Å². The van der Waals surface area contributed by atoms with Gasteiger partial charge in [-0.25, -0.2) is 0 Å². The van der Waals surface area contributed by atoms with Crippen molar-refractivity contribution in [2.24, 2.45) is 0 Å². The molecule has 0 bridgehead atoms. The molecule has 1 heterocycles. The number of esters is 1. The van der Waals surface area contributed by atoms with Crippen LogP contribution >= 0.6 is 21.6 Å². The van der Waals surface area contributed by atoms with Crippen LogP contribution < -0.4 is 5.32 Å². The number of anilines is 1. The lowest BCUT2D eigenvalue weighted by Gasteiger charge is -2.08. The van der Waals surface area contributed by atoms with Gasteiger partial charge >= 0.3 is 5.97 Å². The molecule has 0 unspecified atom stereocenters. The molecule has 1 fully saturated rings. The van der Waals surface area contributed by atoms with E-state index < -0.39 is 5.91 Å². The zero-order chi connectivity index (χ0) is 17.2.